The first-order valence-corrected chi connectivity index (χ1v) is 7.48. The SMILES string of the molecule is Cc1c(NC(=O)CSc2cc(F)ccc2F)cccc1[N+](=O)[O-]. The maximum absolute atomic E-state index is 13.5. The molecule has 120 valence electrons. The highest BCUT2D eigenvalue weighted by atomic mass is 32.2. The van der Waals surface area contributed by atoms with Crippen molar-refractivity contribution in [3.8, 4) is 0 Å². The first-order valence-electron chi connectivity index (χ1n) is 6.50. The summed E-state index contributed by atoms with van der Waals surface area (Å²) < 4.78 is 26.5. The fourth-order valence-corrected chi connectivity index (χ4v) is 2.63. The van der Waals surface area contributed by atoms with Crippen molar-refractivity contribution >= 4 is 29.0 Å². The first-order chi connectivity index (χ1) is 10.9. The number of carbonyl (C=O) groups is 1. The van der Waals surface area contributed by atoms with Crippen molar-refractivity contribution in [1.29, 1.82) is 0 Å². The number of nitrogens with one attached hydrogen (secondary N) is 1. The van der Waals surface area contributed by atoms with Gasteiger partial charge < -0.3 is 5.32 Å². The smallest absolute Gasteiger partial charge is 0.274 e. The van der Waals surface area contributed by atoms with Crippen molar-refractivity contribution in [3.63, 3.8) is 0 Å². The van der Waals surface area contributed by atoms with Crippen LogP contribution in [0.3, 0.4) is 0 Å². The van der Waals surface area contributed by atoms with Crippen LogP contribution in [-0.4, -0.2) is 16.6 Å². The average molecular weight is 338 g/mol. The van der Waals surface area contributed by atoms with Gasteiger partial charge in [0.05, 0.1) is 21.9 Å². The topological polar surface area (TPSA) is 72.2 Å². The summed E-state index contributed by atoms with van der Waals surface area (Å²) in [6.45, 7) is 1.52. The molecule has 2 rings (SSSR count). The third-order valence-corrected chi connectivity index (χ3v) is 4.06. The Hall–Kier alpha value is -2.48. The second kappa shape index (κ2) is 7.19. The highest BCUT2D eigenvalue weighted by Crippen LogP contribution is 2.26. The van der Waals surface area contributed by atoms with Crippen molar-refractivity contribution in [3.05, 3.63) is 63.7 Å². The number of nitro groups is 1. The Kier molecular flexibility index (Phi) is 5.28. The van der Waals surface area contributed by atoms with Crippen LogP contribution in [0.15, 0.2) is 41.3 Å². The summed E-state index contributed by atoms with van der Waals surface area (Å²) in [6, 6.07) is 7.31. The van der Waals surface area contributed by atoms with Gasteiger partial charge in [-0.2, -0.15) is 0 Å². The minimum absolute atomic E-state index is 0.0240. The molecule has 8 heteroatoms. The molecule has 0 spiro atoms. The number of thioether (sulfide) groups is 1. The summed E-state index contributed by atoms with van der Waals surface area (Å²) >= 11 is 0.844. The van der Waals surface area contributed by atoms with E-state index < -0.39 is 22.5 Å². The van der Waals surface area contributed by atoms with E-state index in [0.717, 1.165) is 30.0 Å². The van der Waals surface area contributed by atoms with Gasteiger partial charge in [0, 0.05) is 11.0 Å². The maximum Gasteiger partial charge on any atom is 0.274 e. The van der Waals surface area contributed by atoms with Crippen molar-refractivity contribution in [2.24, 2.45) is 0 Å². The normalized spacial score (nSPS) is 10.4. The van der Waals surface area contributed by atoms with E-state index in [9.17, 15) is 23.7 Å². The maximum atomic E-state index is 13.5. The Labute approximate surface area is 134 Å². The molecule has 0 aliphatic heterocycles. The zero-order chi connectivity index (χ0) is 17.0. The lowest BCUT2D eigenvalue weighted by Gasteiger charge is -2.08. The van der Waals surface area contributed by atoms with Gasteiger partial charge in [0.25, 0.3) is 5.69 Å². The molecule has 0 radical (unpaired) electrons. The number of anilines is 1. The number of amides is 1. The molecule has 0 atom stereocenters. The van der Waals surface area contributed by atoms with Gasteiger partial charge in [0.1, 0.15) is 11.6 Å². The Morgan fingerprint density at radius 1 is 1.30 bits per heavy atom. The summed E-state index contributed by atoms with van der Waals surface area (Å²) in [5, 5.41) is 13.4. The molecule has 1 N–H and O–H groups in total. The second-order valence-corrected chi connectivity index (χ2v) is 5.64. The molecule has 0 saturated heterocycles. The number of nitrogens with zero attached hydrogens (tertiary/aromatic N) is 1. The summed E-state index contributed by atoms with van der Waals surface area (Å²) in [6.07, 6.45) is 0. The molecule has 0 heterocycles. The molecule has 2 aromatic carbocycles. The van der Waals surface area contributed by atoms with Crippen molar-refractivity contribution in [2.45, 2.75) is 11.8 Å². The van der Waals surface area contributed by atoms with Crippen LogP contribution in [0.4, 0.5) is 20.2 Å². The summed E-state index contributed by atoms with van der Waals surface area (Å²) in [5.41, 5.74) is 0.531. The molecule has 0 fully saturated rings. The molecule has 0 aliphatic carbocycles. The Bertz CT molecular complexity index is 768. The largest absolute Gasteiger partial charge is 0.325 e. The van der Waals surface area contributed by atoms with Gasteiger partial charge in [-0.1, -0.05) is 6.07 Å². The molecule has 0 saturated carbocycles. The van der Waals surface area contributed by atoms with Crippen molar-refractivity contribution < 1.29 is 18.5 Å². The van der Waals surface area contributed by atoms with Crippen LogP contribution in [0.25, 0.3) is 0 Å². The molecular weight excluding hydrogens is 326 g/mol. The molecule has 0 unspecified atom stereocenters. The summed E-state index contributed by atoms with van der Waals surface area (Å²) in [5.74, 6) is -1.83. The number of hydrogen-bond acceptors (Lipinski definition) is 4. The quantitative estimate of drug-likeness (QED) is 0.510. The zero-order valence-corrected chi connectivity index (χ0v) is 12.8. The predicted octanol–water partition coefficient (Wildman–Crippen LogP) is 3.91. The highest BCUT2D eigenvalue weighted by molar-refractivity contribution is 8.00. The van der Waals surface area contributed by atoms with Gasteiger partial charge in [0.15, 0.2) is 0 Å². The summed E-state index contributed by atoms with van der Waals surface area (Å²) in [4.78, 5) is 22.2. The fraction of sp³-hybridized carbons (Fsp3) is 0.133. The van der Waals surface area contributed by atoms with Crippen LogP contribution in [-0.2, 0) is 4.79 Å². The lowest BCUT2D eigenvalue weighted by atomic mass is 10.1. The Balaban J connectivity index is 2.04. The number of carbonyl (C=O) groups excluding carboxylic acids is 1. The Morgan fingerprint density at radius 3 is 2.74 bits per heavy atom. The van der Waals surface area contributed by atoms with Crippen LogP contribution in [0, 0.1) is 28.7 Å². The third-order valence-electron chi connectivity index (χ3n) is 3.03. The van der Waals surface area contributed by atoms with Gasteiger partial charge in [-0.3, -0.25) is 14.9 Å². The van der Waals surface area contributed by atoms with E-state index in [1.807, 2.05) is 0 Å². The second-order valence-electron chi connectivity index (χ2n) is 4.62. The number of rotatable bonds is 5. The van der Waals surface area contributed by atoms with E-state index in [1.54, 1.807) is 0 Å². The van der Waals surface area contributed by atoms with Crippen LogP contribution in [0.5, 0.6) is 0 Å². The third kappa shape index (κ3) is 4.26. The molecule has 2 aromatic rings. The summed E-state index contributed by atoms with van der Waals surface area (Å²) in [7, 11) is 0. The standard InChI is InChI=1S/C15H12F2N2O3S/c1-9-12(3-2-4-13(9)19(21)22)18-15(20)8-23-14-7-10(16)5-6-11(14)17/h2-7H,8H2,1H3,(H,18,20). The van der Waals surface area contributed by atoms with E-state index in [0.29, 0.717) is 11.3 Å². The van der Waals surface area contributed by atoms with Crippen molar-refractivity contribution in [1.82, 2.24) is 0 Å². The minimum Gasteiger partial charge on any atom is -0.325 e. The number of benzene rings is 2. The van der Waals surface area contributed by atoms with Gasteiger partial charge in [0.2, 0.25) is 5.91 Å². The molecular formula is C15H12F2N2O3S. The molecule has 23 heavy (non-hydrogen) atoms. The van der Waals surface area contributed by atoms with Crippen LogP contribution in [0.1, 0.15) is 5.56 Å². The minimum atomic E-state index is -0.615. The predicted molar refractivity (Wildman–Crippen MR) is 83.5 cm³/mol. The lowest BCUT2D eigenvalue weighted by molar-refractivity contribution is -0.385. The van der Waals surface area contributed by atoms with E-state index in [-0.39, 0.29) is 16.3 Å². The van der Waals surface area contributed by atoms with Crippen LogP contribution in [0.2, 0.25) is 0 Å². The molecule has 0 aromatic heterocycles. The average Bonchev–Trinajstić information content (AvgIpc) is 2.50. The zero-order valence-electron chi connectivity index (χ0n) is 12.0. The Morgan fingerprint density at radius 2 is 2.04 bits per heavy atom. The van der Waals surface area contributed by atoms with Gasteiger partial charge in [-0.25, -0.2) is 8.78 Å². The van der Waals surface area contributed by atoms with E-state index in [1.165, 1.54) is 25.1 Å². The molecule has 0 bridgehead atoms. The van der Waals surface area contributed by atoms with E-state index in [4.69, 9.17) is 0 Å². The van der Waals surface area contributed by atoms with Crippen LogP contribution >= 0.6 is 11.8 Å². The number of nitro benzene ring substituents is 1. The highest BCUT2D eigenvalue weighted by Gasteiger charge is 2.15. The molecule has 5 nitrogen and oxygen atoms in total. The van der Waals surface area contributed by atoms with Gasteiger partial charge in [-0.05, 0) is 31.2 Å². The monoisotopic (exact) mass is 338 g/mol. The van der Waals surface area contributed by atoms with E-state index in [2.05, 4.69) is 5.32 Å². The van der Waals surface area contributed by atoms with Crippen molar-refractivity contribution in [2.75, 3.05) is 11.1 Å². The fourth-order valence-electron chi connectivity index (χ4n) is 1.87. The molecule has 0 aliphatic rings. The lowest BCUT2D eigenvalue weighted by Crippen LogP contribution is -2.15. The van der Waals surface area contributed by atoms with Gasteiger partial charge in [-0.15, -0.1) is 11.8 Å². The van der Waals surface area contributed by atoms with Gasteiger partial charge >= 0.3 is 0 Å². The number of halogens is 2. The van der Waals surface area contributed by atoms with Crippen LogP contribution < -0.4 is 5.32 Å². The number of hydrogen-bond donors (Lipinski definition) is 1. The first kappa shape index (κ1) is 16.9. The molecule has 1 amide bonds. The van der Waals surface area contributed by atoms with E-state index >= 15 is 0 Å².